The highest BCUT2D eigenvalue weighted by atomic mass is 32.2. The van der Waals surface area contributed by atoms with E-state index in [1.54, 1.807) is 10.9 Å². The number of rotatable bonds is 3. The molecule has 0 aliphatic heterocycles. The third-order valence-corrected chi connectivity index (χ3v) is 3.43. The second-order valence-electron chi connectivity index (χ2n) is 4.38. The number of nitrogens with zero attached hydrogens (tertiary/aromatic N) is 2. The van der Waals surface area contributed by atoms with Gasteiger partial charge in [0, 0.05) is 16.0 Å². The molecule has 2 rings (SSSR count). The van der Waals surface area contributed by atoms with Crippen molar-refractivity contribution in [2.24, 2.45) is 0 Å². The maximum Gasteiger partial charge on any atom is 0.271 e. The molecule has 1 aromatic heterocycles. The molecule has 96 valence electrons. The molecule has 0 saturated carbocycles. The zero-order valence-corrected chi connectivity index (χ0v) is 11.1. The van der Waals surface area contributed by atoms with Crippen molar-refractivity contribution in [1.29, 1.82) is 0 Å². The topological polar surface area (TPSA) is 71.1 Å². The van der Waals surface area contributed by atoms with E-state index in [0.29, 0.717) is 0 Å². The Morgan fingerprint density at radius 1 is 1.33 bits per heavy atom. The third kappa shape index (κ3) is 3.02. The van der Waals surface area contributed by atoms with Crippen LogP contribution in [0.25, 0.3) is 10.9 Å². The summed E-state index contributed by atoms with van der Waals surface area (Å²) < 4.78 is 31.7. The maximum atomic E-state index is 10.7. The Bertz CT molecular complexity index is 696. The van der Waals surface area contributed by atoms with Gasteiger partial charge in [-0.1, -0.05) is 16.3 Å². The summed E-state index contributed by atoms with van der Waals surface area (Å²) in [5.41, 5.74) is 3.00. The molecule has 0 spiro atoms. The van der Waals surface area contributed by atoms with Crippen LogP contribution in [0.15, 0.2) is 24.4 Å². The molecule has 18 heavy (non-hydrogen) atoms. The minimum atomic E-state index is -3.96. The molecule has 0 bridgehead atoms. The molecule has 0 unspecified atom stereocenters. The number of hydrogen-bond donors (Lipinski definition) is 1. The fraction of sp³-hybridized carbons (Fsp3) is 0.333. The molecule has 0 saturated heterocycles. The van der Waals surface area contributed by atoms with Crippen molar-refractivity contribution in [1.82, 2.24) is 5.10 Å². The molecule has 1 heterocycles. The lowest BCUT2D eigenvalue weighted by Crippen LogP contribution is -2.41. The SMILES string of the molecule is Cc1ccc2n[n+](CCS(=O)(=O)O)cc(C)c2c1. The Kier molecular flexibility index (Phi) is 3.32. The number of aryl methyl sites for hydroxylation is 3. The third-order valence-electron chi connectivity index (χ3n) is 2.73. The molecule has 0 atom stereocenters. The van der Waals surface area contributed by atoms with Gasteiger partial charge in [-0.3, -0.25) is 4.55 Å². The molecule has 1 aromatic carbocycles. The Morgan fingerprint density at radius 2 is 2.06 bits per heavy atom. The molecule has 6 heteroatoms. The molecule has 5 nitrogen and oxygen atoms in total. The van der Waals surface area contributed by atoms with Gasteiger partial charge in [0.2, 0.25) is 0 Å². The molecule has 0 fully saturated rings. The van der Waals surface area contributed by atoms with Gasteiger partial charge in [-0.15, -0.1) is 0 Å². The van der Waals surface area contributed by atoms with E-state index < -0.39 is 10.1 Å². The molecule has 0 aliphatic carbocycles. The summed E-state index contributed by atoms with van der Waals surface area (Å²) in [4.78, 5) is 0. The van der Waals surface area contributed by atoms with Crippen molar-refractivity contribution in [3.05, 3.63) is 35.5 Å². The molecular formula is C12H15N2O3S+. The second-order valence-corrected chi connectivity index (χ2v) is 5.95. The largest absolute Gasteiger partial charge is 0.285 e. The van der Waals surface area contributed by atoms with Crippen LogP contribution in [0.4, 0.5) is 0 Å². The lowest BCUT2D eigenvalue weighted by atomic mass is 10.1. The van der Waals surface area contributed by atoms with E-state index in [1.165, 1.54) is 0 Å². The Hall–Kier alpha value is -1.53. The first-order chi connectivity index (χ1) is 8.35. The number of aromatic nitrogens is 2. The van der Waals surface area contributed by atoms with Crippen LogP contribution in [0, 0.1) is 13.8 Å². The second kappa shape index (κ2) is 4.62. The van der Waals surface area contributed by atoms with Crippen LogP contribution in [0.5, 0.6) is 0 Å². The monoisotopic (exact) mass is 267 g/mol. The fourth-order valence-electron chi connectivity index (χ4n) is 1.84. The van der Waals surface area contributed by atoms with Crippen LogP contribution >= 0.6 is 0 Å². The van der Waals surface area contributed by atoms with E-state index in [-0.39, 0.29) is 12.3 Å². The Morgan fingerprint density at radius 3 is 2.72 bits per heavy atom. The predicted octanol–water partition coefficient (Wildman–Crippen LogP) is 1.03. The first kappa shape index (κ1) is 12.9. The standard InChI is InChI=1S/C12H14N2O3S/c1-9-3-4-12-11(7-9)10(2)8-14(13-12)5-6-18(15,16)17/h3-4,7-8H,5-6H2,1-2H3/p+1. The average Bonchev–Trinajstić information content (AvgIpc) is 2.26. The van der Waals surface area contributed by atoms with Gasteiger partial charge >= 0.3 is 0 Å². The summed E-state index contributed by atoms with van der Waals surface area (Å²) in [6.07, 6.45) is 1.78. The quantitative estimate of drug-likeness (QED) is 0.666. The predicted molar refractivity (Wildman–Crippen MR) is 67.8 cm³/mol. The maximum absolute atomic E-state index is 10.7. The summed E-state index contributed by atoms with van der Waals surface area (Å²) in [6, 6.07) is 5.91. The first-order valence-electron chi connectivity index (χ1n) is 5.58. The van der Waals surface area contributed by atoms with Gasteiger partial charge < -0.3 is 0 Å². The summed E-state index contributed by atoms with van der Waals surface area (Å²) in [6.45, 7) is 4.11. The molecular weight excluding hydrogens is 252 g/mol. The first-order valence-corrected chi connectivity index (χ1v) is 7.19. The number of fused-ring (bicyclic) bond motifs is 1. The van der Waals surface area contributed by atoms with Gasteiger partial charge in [0.1, 0.15) is 11.3 Å². The van der Waals surface area contributed by atoms with E-state index in [4.69, 9.17) is 4.55 Å². The van der Waals surface area contributed by atoms with Crippen molar-refractivity contribution in [2.75, 3.05) is 5.75 Å². The van der Waals surface area contributed by atoms with Crippen molar-refractivity contribution in [2.45, 2.75) is 20.4 Å². The fourth-order valence-corrected chi connectivity index (χ4v) is 2.25. The van der Waals surface area contributed by atoms with Crippen LogP contribution in [0.3, 0.4) is 0 Å². The van der Waals surface area contributed by atoms with Crippen LogP contribution in [0.1, 0.15) is 11.1 Å². The summed E-state index contributed by atoms with van der Waals surface area (Å²) in [7, 11) is -3.96. The molecule has 0 radical (unpaired) electrons. The Balaban J connectivity index is 2.40. The van der Waals surface area contributed by atoms with Gasteiger partial charge in [0.15, 0.2) is 12.7 Å². The van der Waals surface area contributed by atoms with Crippen molar-refractivity contribution in [3.8, 4) is 0 Å². The molecule has 0 aliphatic rings. The van der Waals surface area contributed by atoms with Crippen molar-refractivity contribution in [3.63, 3.8) is 0 Å². The molecule has 2 aromatic rings. The average molecular weight is 267 g/mol. The highest BCUT2D eigenvalue weighted by Gasteiger charge is 2.13. The van der Waals surface area contributed by atoms with Gasteiger partial charge in [-0.05, 0) is 26.0 Å². The van der Waals surface area contributed by atoms with E-state index in [2.05, 4.69) is 5.10 Å². The highest BCUT2D eigenvalue weighted by Crippen LogP contribution is 2.15. The lowest BCUT2D eigenvalue weighted by Gasteiger charge is -2.01. The van der Waals surface area contributed by atoms with Gasteiger partial charge in [-0.25, -0.2) is 0 Å². The van der Waals surface area contributed by atoms with Crippen LogP contribution in [-0.4, -0.2) is 23.8 Å². The summed E-state index contributed by atoms with van der Waals surface area (Å²) in [5, 5.41) is 5.38. The van der Waals surface area contributed by atoms with E-state index in [1.807, 2.05) is 32.0 Å². The zero-order valence-electron chi connectivity index (χ0n) is 10.3. The highest BCUT2D eigenvalue weighted by molar-refractivity contribution is 7.85. The van der Waals surface area contributed by atoms with Gasteiger partial charge in [0.05, 0.1) is 0 Å². The van der Waals surface area contributed by atoms with Crippen LogP contribution in [0.2, 0.25) is 0 Å². The minimum Gasteiger partial charge on any atom is -0.285 e. The lowest BCUT2D eigenvalue weighted by molar-refractivity contribution is -0.748. The smallest absolute Gasteiger partial charge is 0.271 e. The number of benzene rings is 1. The van der Waals surface area contributed by atoms with Crippen LogP contribution in [-0.2, 0) is 16.7 Å². The van der Waals surface area contributed by atoms with E-state index >= 15 is 0 Å². The van der Waals surface area contributed by atoms with E-state index in [0.717, 1.165) is 22.0 Å². The summed E-state index contributed by atoms with van der Waals surface area (Å²) in [5.74, 6) is -0.332. The zero-order chi connectivity index (χ0) is 13.3. The molecule has 0 amide bonds. The van der Waals surface area contributed by atoms with Crippen LogP contribution < -0.4 is 4.68 Å². The van der Waals surface area contributed by atoms with Crippen molar-refractivity contribution < 1.29 is 17.7 Å². The van der Waals surface area contributed by atoms with Gasteiger partial charge in [-0.2, -0.15) is 8.42 Å². The normalized spacial score (nSPS) is 11.9. The number of hydrogen-bond acceptors (Lipinski definition) is 3. The van der Waals surface area contributed by atoms with Gasteiger partial charge in [0.25, 0.3) is 10.1 Å². The minimum absolute atomic E-state index is 0.142. The van der Waals surface area contributed by atoms with E-state index in [9.17, 15) is 8.42 Å². The van der Waals surface area contributed by atoms with Crippen molar-refractivity contribution >= 4 is 21.0 Å². The summed E-state index contributed by atoms with van der Waals surface area (Å²) >= 11 is 0. The molecule has 1 N–H and O–H groups in total. The Labute approximate surface area is 106 Å².